The highest BCUT2D eigenvalue weighted by molar-refractivity contribution is 7.92. The van der Waals surface area contributed by atoms with Crippen molar-refractivity contribution in [3.05, 3.63) is 0 Å². The second kappa shape index (κ2) is 4.92. The lowest BCUT2D eigenvalue weighted by atomic mass is 9.58. The molecule has 4 heterocycles. The van der Waals surface area contributed by atoms with Crippen molar-refractivity contribution in [1.82, 2.24) is 0 Å². The van der Waals surface area contributed by atoms with Gasteiger partial charge in [0, 0.05) is 18.6 Å². The molecule has 24 heavy (non-hydrogen) atoms. The van der Waals surface area contributed by atoms with Gasteiger partial charge in [0.05, 0.1) is 0 Å². The number of aliphatic hydroxyl groups is 1. The van der Waals surface area contributed by atoms with Gasteiger partial charge in [0.25, 0.3) is 0 Å². The smallest absolute Gasteiger partial charge is 0.201 e. The highest BCUT2D eigenvalue weighted by Gasteiger charge is 2.74. The molecule has 1 N–H and O–H groups in total. The summed E-state index contributed by atoms with van der Waals surface area (Å²) in [5, 5.41) is 10.6. The molecule has 8 atom stereocenters. The Balaban J connectivity index is 1.91. The summed E-state index contributed by atoms with van der Waals surface area (Å²) in [6, 6.07) is 0. The Morgan fingerprint density at radius 2 is 1.83 bits per heavy atom. The summed E-state index contributed by atoms with van der Waals surface area (Å²) in [5.74, 6) is -1.01. The van der Waals surface area contributed by atoms with E-state index >= 15 is 0 Å². The largest absolute Gasteiger partial charge is 0.366 e. The number of fused-ring (bicyclic) bond motifs is 2. The first kappa shape index (κ1) is 17.2. The van der Waals surface area contributed by atoms with E-state index in [2.05, 4.69) is 6.92 Å². The van der Waals surface area contributed by atoms with Gasteiger partial charge in [-0.3, -0.25) is 0 Å². The lowest BCUT2D eigenvalue weighted by Gasteiger charge is -2.62. The van der Waals surface area contributed by atoms with Gasteiger partial charge in [-0.25, -0.2) is 18.2 Å². The number of ether oxygens (including phenoxy) is 2. The second-order valence-electron chi connectivity index (χ2n) is 8.30. The number of sulfone groups is 1. The van der Waals surface area contributed by atoms with Crippen LogP contribution in [-0.2, 0) is 29.1 Å². The molecule has 4 aliphatic heterocycles. The standard InChI is InChI=1S/C16H26O7S/c1-9-5-6-11-15(3,24(4,18)19)12(17)20-13-16(11)10(9)7-8-14(2,21-13)22-23-16/h9-13,17H,5-8H2,1-4H3/t9-,10+,11+,12-,13-,14+,15-,16-/m1/s1. The van der Waals surface area contributed by atoms with Crippen LogP contribution >= 0.6 is 0 Å². The molecule has 7 nitrogen and oxygen atoms in total. The van der Waals surface area contributed by atoms with Crippen LogP contribution in [0.5, 0.6) is 0 Å². The fourth-order valence-electron chi connectivity index (χ4n) is 5.32. The van der Waals surface area contributed by atoms with Crippen LogP contribution < -0.4 is 0 Å². The molecule has 0 aromatic heterocycles. The van der Waals surface area contributed by atoms with Gasteiger partial charge in [-0.1, -0.05) is 6.92 Å². The predicted molar refractivity (Wildman–Crippen MR) is 83.1 cm³/mol. The molecule has 1 spiro atoms. The zero-order valence-corrected chi connectivity index (χ0v) is 15.3. The number of rotatable bonds is 1. The first-order chi connectivity index (χ1) is 11.0. The summed E-state index contributed by atoms with van der Waals surface area (Å²) in [5.41, 5.74) is -1.01. The SMILES string of the molecule is C[C@@H]1CC[C@@H]2[C@]34OO[C@@](C)(CC[C@@H]13)O[C@H]4O[C@@H](O)[C@]2(C)S(C)(=O)=O. The normalized spacial score (nSPS) is 57.3. The van der Waals surface area contributed by atoms with Crippen molar-refractivity contribution in [2.45, 2.75) is 75.2 Å². The summed E-state index contributed by atoms with van der Waals surface area (Å²) in [6.45, 7) is 5.49. The fraction of sp³-hybridized carbons (Fsp3) is 1.00. The minimum atomic E-state index is -3.62. The highest BCUT2D eigenvalue weighted by Crippen LogP contribution is 2.62. The maximum atomic E-state index is 12.6. The van der Waals surface area contributed by atoms with Gasteiger partial charge in [-0.15, -0.1) is 0 Å². The van der Waals surface area contributed by atoms with E-state index in [1.807, 2.05) is 0 Å². The lowest BCUT2D eigenvalue weighted by molar-refractivity contribution is -0.574. The van der Waals surface area contributed by atoms with Crippen molar-refractivity contribution < 1.29 is 32.8 Å². The number of hydrogen-bond acceptors (Lipinski definition) is 7. The minimum Gasteiger partial charge on any atom is -0.366 e. The monoisotopic (exact) mass is 362 g/mol. The molecule has 0 amide bonds. The van der Waals surface area contributed by atoms with Crippen molar-refractivity contribution >= 4 is 9.84 Å². The molecule has 2 bridgehead atoms. The summed E-state index contributed by atoms with van der Waals surface area (Å²) in [4.78, 5) is 11.5. The Morgan fingerprint density at radius 3 is 2.50 bits per heavy atom. The van der Waals surface area contributed by atoms with Crippen LogP contribution in [0, 0.1) is 17.8 Å². The lowest BCUT2D eigenvalue weighted by Crippen LogP contribution is -2.76. The minimum absolute atomic E-state index is 0.0548. The molecule has 1 saturated carbocycles. The van der Waals surface area contributed by atoms with Crippen molar-refractivity contribution in [2.75, 3.05) is 6.26 Å². The first-order valence-corrected chi connectivity index (χ1v) is 10.5. The first-order valence-electron chi connectivity index (χ1n) is 8.62. The topological polar surface area (TPSA) is 91.3 Å². The summed E-state index contributed by atoms with van der Waals surface area (Å²) in [7, 11) is -3.62. The molecule has 0 radical (unpaired) electrons. The fourth-order valence-corrected chi connectivity index (χ4v) is 6.56. The third-order valence-corrected chi connectivity index (χ3v) is 9.04. The van der Waals surface area contributed by atoms with E-state index in [1.165, 1.54) is 0 Å². The molecule has 1 aliphatic carbocycles. The van der Waals surface area contributed by atoms with Gasteiger partial charge in [0.1, 0.15) is 4.75 Å². The Kier molecular flexibility index (Phi) is 3.52. The summed E-state index contributed by atoms with van der Waals surface area (Å²) < 4.78 is 35.5. The molecule has 138 valence electrons. The van der Waals surface area contributed by atoms with Crippen LogP contribution in [0.3, 0.4) is 0 Å². The van der Waals surface area contributed by atoms with E-state index in [-0.39, 0.29) is 5.92 Å². The third-order valence-electron chi connectivity index (χ3n) is 6.95. The molecule has 0 aromatic rings. The molecule has 0 aromatic carbocycles. The maximum absolute atomic E-state index is 12.6. The summed E-state index contributed by atoms with van der Waals surface area (Å²) in [6.07, 6.45) is 1.79. The van der Waals surface area contributed by atoms with E-state index < -0.39 is 44.5 Å². The zero-order chi connectivity index (χ0) is 17.5. The molecule has 8 heteroatoms. The summed E-state index contributed by atoms with van der Waals surface area (Å²) >= 11 is 0. The van der Waals surface area contributed by atoms with E-state index in [4.69, 9.17) is 19.2 Å². The van der Waals surface area contributed by atoms with Crippen LogP contribution in [0.25, 0.3) is 0 Å². The average Bonchev–Trinajstić information content (AvgIpc) is 2.70. The second-order valence-corrected chi connectivity index (χ2v) is 10.7. The van der Waals surface area contributed by atoms with Gasteiger partial charge in [0.15, 0.2) is 28.0 Å². The average molecular weight is 362 g/mol. The maximum Gasteiger partial charge on any atom is 0.201 e. The van der Waals surface area contributed by atoms with Crippen LogP contribution in [0.2, 0.25) is 0 Å². The quantitative estimate of drug-likeness (QED) is 0.704. The van der Waals surface area contributed by atoms with Gasteiger partial charge in [-0.2, -0.15) is 0 Å². The van der Waals surface area contributed by atoms with Crippen molar-refractivity contribution in [3.63, 3.8) is 0 Å². The molecular formula is C16H26O7S. The highest BCUT2D eigenvalue weighted by atomic mass is 32.2. The predicted octanol–water partition coefficient (Wildman–Crippen LogP) is 1.35. The number of aliphatic hydroxyl groups excluding tert-OH is 1. The molecular weight excluding hydrogens is 336 g/mol. The van der Waals surface area contributed by atoms with Crippen LogP contribution in [0.15, 0.2) is 0 Å². The molecule has 5 fully saturated rings. The zero-order valence-electron chi connectivity index (χ0n) is 14.5. The van der Waals surface area contributed by atoms with E-state index in [1.54, 1.807) is 13.8 Å². The third kappa shape index (κ3) is 1.92. The van der Waals surface area contributed by atoms with Crippen LogP contribution in [-0.4, -0.2) is 48.5 Å². The van der Waals surface area contributed by atoms with Gasteiger partial charge >= 0.3 is 0 Å². The molecule has 4 saturated heterocycles. The molecule has 5 aliphatic rings. The van der Waals surface area contributed by atoms with Gasteiger partial charge in [0.2, 0.25) is 5.79 Å². The van der Waals surface area contributed by atoms with Gasteiger partial charge < -0.3 is 14.6 Å². The number of hydrogen-bond donors (Lipinski definition) is 1. The van der Waals surface area contributed by atoms with E-state index in [0.29, 0.717) is 18.8 Å². The molecule has 0 unspecified atom stereocenters. The van der Waals surface area contributed by atoms with Crippen LogP contribution in [0.1, 0.15) is 46.5 Å². The van der Waals surface area contributed by atoms with Crippen molar-refractivity contribution in [3.8, 4) is 0 Å². The van der Waals surface area contributed by atoms with Crippen molar-refractivity contribution in [2.24, 2.45) is 17.8 Å². The van der Waals surface area contributed by atoms with Crippen LogP contribution in [0.4, 0.5) is 0 Å². The Morgan fingerprint density at radius 1 is 1.12 bits per heavy atom. The Bertz CT molecular complexity index is 651. The van der Waals surface area contributed by atoms with Gasteiger partial charge in [-0.05, 0) is 44.9 Å². The Hall–Kier alpha value is -0.250. The molecule has 5 rings (SSSR count). The van der Waals surface area contributed by atoms with Crippen molar-refractivity contribution in [1.29, 1.82) is 0 Å². The Labute approximate surface area is 142 Å². The van der Waals surface area contributed by atoms with E-state index in [9.17, 15) is 13.5 Å². The van der Waals surface area contributed by atoms with E-state index in [0.717, 1.165) is 19.1 Å².